The fourth-order valence-corrected chi connectivity index (χ4v) is 4.38. The summed E-state index contributed by atoms with van der Waals surface area (Å²) in [6, 6.07) is 0. The molecule has 0 aromatic carbocycles. The molecule has 0 radical (unpaired) electrons. The number of aromatic nitrogens is 2. The third-order valence-electron chi connectivity index (χ3n) is 4.90. The minimum atomic E-state index is -4.26. The summed E-state index contributed by atoms with van der Waals surface area (Å²) in [4.78, 5) is 35.5. The molecule has 1 unspecified atom stereocenters. The summed E-state index contributed by atoms with van der Waals surface area (Å²) in [5.41, 5.74) is -0.818. The van der Waals surface area contributed by atoms with Crippen molar-refractivity contribution in [3.8, 4) is 0 Å². The Morgan fingerprint density at radius 3 is 2.74 bits per heavy atom. The number of ether oxygens (including phenoxy) is 1. The maximum Gasteiger partial charge on any atom is 0.472 e. The topological polar surface area (TPSA) is 140 Å². The van der Waals surface area contributed by atoms with Gasteiger partial charge in [0.25, 0.3) is 5.56 Å². The SMILES string of the molecule is Cc1cn([C@H]2C[C@H](O)[C@@H](COP(=O)(O)OC3CCCCC3)O2)c(=O)[nH]c1=O. The first kappa shape index (κ1) is 20.4. The first-order chi connectivity index (χ1) is 12.7. The fraction of sp³-hybridized carbons (Fsp3) is 0.750. The van der Waals surface area contributed by atoms with E-state index in [0.29, 0.717) is 18.4 Å². The highest BCUT2D eigenvalue weighted by atomic mass is 31.2. The third kappa shape index (κ3) is 5.16. The van der Waals surface area contributed by atoms with Gasteiger partial charge >= 0.3 is 13.5 Å². The van der Waals surface area contributed by atoms with Crippen LogP contribution in [0.2, 0.25) is 0 Å². The van der Waals surface area contributed by atoms with Crippen LogP contribution >= 0.6 is 7.82 Å². The van der Waals surface area contributed by atoms with Gasteiger partial charge in [0.15, 0.2) is 0 Å². The first-order valence-electron chi connectivity index (χ1n) is 9.06. The molecule has 1 saturated heterocycles. The summed E-state index contributed by atoms with van der Waals surface area (Å²) < 4.78 is 29.1. The second-order valence-electron chi connectivity index (χ2n) is 7.04. The molecule has 1 aromatic rings. The normalized spacial score (nSPS) is 28.9. The van der Waals surface area contributed by atoms with Gasteiger partial charge in [-0.3, -0.25) is 23.4 Å². The highest BCUT2D eigenvalue weighted by Gasteiger charge is 2.38. The molecule has 4 atom stereocenters. The molecule has 1 aliphatic heterocycles. The molecular weight excluding hydrogens is 379 g/mol. The van der Waals surface area contributed by atoms with E-state index < -0.39 is 37.5 Å². The Balaban J connectivity index is 1.58. The molecule has 152 valence electrons. The van der Waals surface area contributed by atoms with Crippen LogP contribution in [0.25, 0.3) is 0 Å². The Kier molecular flexibility index (Phi) is 6.35. The quantitative estimate of drug-likeness (QED) is 0.596. The van der Waals surface area contributed by atoms with Gasteiger partial charge in [-0.1, -0.05) is 19.3 Å². The van der Waals surface area contributed by atoms with Crippen molar-refractivity contribution in [2.45, 2.75) is 70.0 Å². The van der Waals surface area contributed by atoms with Crippen LogP contribution < -0.4 is 11.2 Å². The lowest BCUT2D eigenvalue weighted by Crippen LogP contribution is -2.33. The predicted octanol–water partition coefficient (Wildman–Crippen LogP) is 0.960. The Morgan fingerprint density at radius 2 is 2.04 bits per heavy atom. The lowest BCUT2D eigenvalue weighted by Gasteiger charge is -2.24. The third-order valence-corrected chi connectivity index (χ3v) is 5.94. The second kappa shape index (κ2) is 8.38. The maximum atomic E-state index is 12.1. The zero-order chi connectivity index (χ0) is 19.6. The van der Waals surface area contributed by atoms with Crippen LogP contribution in [0, 0.1) is 6.92 Å². The molecule has 27 heavy (non-hydrogen) atoms. The van der Waals surface area contributed by atoms with Crippen LogP contribution in [0.1, 0.15) is 50.3 Å². The number of H-pyrrole nitrogens is 1. The fourth-order valence-electron chi connectivity index (χ4n) is 3.39. The zero-order valence-electron chi connectivity index (χ0n) is 15.1. The first-order valence-corrected chi connectivity index (χ1v) is 10.6. The highest BCUT2D eigenvalue weighted by Crippen LogP contribution is 2.47. The number of phosphoric acid groups is 1. The summed E-state index contributed by atoms with van der Waals surface area (Å²) in [6.45, 7) is 1.20. The van der Waals surface area contributed by atoms with Crippen LogP contribution in [0.4, 0.5) is 0 Å². The molecule has 2 aliphatic rings. The summed E-state index contributed by atoms with van der Waals surface area (Å²) in [6.07, 6.45) is 2.84. The van der Waals surface area contributed by atoms with Crippen molar-refractivity contribution in [1.29, 1.82) is 0 Å². The molecule has 1 aromatic heterocycles. The number of nitrogens with zero attached hydrogens (tertiary/aromatic N) is 1. The van der Waals surface area contributed by atoms with Crippen LogP contribution in [0.5, 0.6) is 0 Å². The average molecular weight is 404 g/mol. The molecule has 2 heterocycles. The smallest absolute Gasteiger partial charge is 0.390 e. The summed E-state index contributed by atoms with van der Waals surface area (Å²) >= 11 is 0. The lowest BCUT2D eigenvalue weighted by molar-refractivity contribution is -0.0486. The molecule has 11 heteroatoms. The Labute approximate surface area is 155 Å². The number of hydrogen-bond acceptors (Lipinski definition) is 7. The summed E-state index contributed by atoms with van der Waals surface area (Å²) in [5.74, 6) is 0. The van der Waals surface area contributed by atoms with E-state index in [1.165, 1.54) is 10.8 Å². The molecule has 10 nitrogen and oxygen atoms in total. The van der Waals surface area contributed by atoms with E-state index in [0.717, 1.165) is 19.3 Å². The van der Waals surface area contributed by atoms with Gasteiger partial charge in [-0.05, 0) is 19.8 Å². The average Bonchev–Trinajstić information content (AvgIpc) is 2.97. The van der Waals surface area contributed by atoms with Crippen LogP contribution in [-0.4, -0.2) is 44.5 Å². The van der Waals surface area contributed by atoms with Crippen molar-refractivity contribution in [1.82, 2.24) is 9.55 Å². The molecular formula is C16H25N2O8P. The molecule has 3 rings (SSSR count). The Bertz CT molecular complexity index is 815. The molecule has 2 fully saturated rings. The number of aliphatic hydroxyl groups is 1. The minimum absolute atomic E-state index is 0.0820. The number of hydrogen-bond donors (Lipinski definition) is 3. The number of phosphoric ester groups is 1. The summed E-state index contributed by atoms with van der Waals surface area (Å²) in [7, 11) is -4.26. The standard InChI is InChI=1S/C16H25N2O8P/c1-10-8-18(16(21)17-15(10)20)14-7-12(19)13(25-14)9-24-27(22,23)26-11-5-3-2-4-6-11/h8,11-14,19H,2-7,9H2,1H3,(H,22,23)(H,17,20,21)/t12-,13+,14+/m0/s1. The zero-order valence-corrected chi connectivity index (χ0v) is 16.0. The van der Waals surface area contributed by atoms with Crippen molar-refractivity contribution in [3.05, 3.63) is 32.6 Å². The van der Waals surface area contributed by atoms with Crippen molar-refractivity contribution < 1.29 is 28.3 Å². The Morgan fingerprint density at radius 1 is 1.33 bits per heavy atom. The van der Waals surface area contributed by atoms with Gasteiger partial charge in [-0.2, -0.15) is 0 Å². The van der Waals surface area contributed by atoms with Gasteiger partial charge in [-0.15, -0.1) is 0 Å². The van der Waals surface area contributed by atoms with Crippen molar-refractivity contribution >= 4 is 7.82 Å². The number of rotatable bonds is 6. The number of aryl methyl sites for hydroxylation is 1. The van der Waals surface area contributed by atoms with Gasteiger partial charge in [0.05, 0.1) is 18.8 Å². The second-order valence-corrected chi connectivity index (χ2v) is 8.45. The van der Waals surface area contributed by atoms with Crippen LogP contribution in [-0.2, 0) is 18.3 Å². The number of aliphatic hydroxyl groups excluding tert-OH is 1. The monoisotopic (exact) mass is 404 g/mol. The molecule has 0 bridgehead atoms. The van der Waals surface area contributed by atoms with E-state index in [1.54, 1.807) is 6.92 Å². The lowest BCUT2D eigenvalue weighted by atomic mass is 9.98. The van der Waals surface area contributed by atoms with Crippen LogP contribution in [0.3, 0.4) is 0 Å². The van der Waals surface area contributed by atoms with E-state index in [1.807, 2.05) is 0 Å². The van der Waals surface area contributed by atoms with Crippen molar-refractivity contribution in [2.24, 2.45) is 0 Å². The molecule has 0 amide bonds. The molecule has 1 saturated carbocycles. The van der Waals surface area contributed by atoms with E-state index in [2.05, 4.69) is 4.98 Å². The van der Waals surface area contributed by atoms with E-state index in [9.17, 15) is 24.2 Å². The molecule has 0 spiro atoms. The Hall–Kier alpha value is -1.29. The number of aromatic amines is 1. The van der Waals surface area contributed by atoms with Gasteiger partial charge in [0.2, 0.25) is 0 Å². The maximum absolute atomic E-state index is 12.1. The number of nitrogens with one attached hydrogen (secondary N) is 1. The van der Waals surface area contributed by atoms with Gasteiger partial charge in [-0.25, -0.2) is 9.36 Å². The highest BCUT2D eigenvalue weighted by molar-refractivity contribution is 7.47. The van der Waals surface area contributed by atoms with Gasteiger partial charge in [0.1, 0.15) is 12.3 Å². The van der Waals surface area contributed by atoms with Gasteiger partial charge in [0, 0.05) is 18.2 Å². The minimum Gasteiger partial charge on any atom is -0.390 e. The molecule has 1 aliphatic carbocycles. The van der Waals surface area contributed by atoms with Gasteiger partial charge < -0.3 is 14.7 Å². The predicted molar refractivity (Wildman–Crippen MR) is 94.3 cm³/mol. The van der Waals surface area contributed by atoms with Crippen molar-refractivity contribution in [2.75, 3.05) is 6.61 Å². The molecule has 3 N–H and O–H groups in total. The van der Waals surface area contributed by atoms with E-state index in [-0.39, 0.29) is 19.1 Å². The summed E-state index contributed by atoms with van der Waals surface area (Å²) in [5, 5.41) is 10.1. The van der Waals surface area contributed by atoms with Crippen LogP contribution in [0.15, 0.2) is 15.8 Å². The van der Waals surface area contributed by atoms with E-state index >= 15 is 0 Å². The van der Waals surface area contributed by atoms with E-state index in [4.69, 9.17) is 13.8 Å². The van der Waals surface area contributed by atoms with Crippen molar-refractivity contribution in [3.63, 3.8) is 0 Å². The largest absolute Gasteiger partial charge is 0.472 e.